The van der Waals surface area contributed by atoms with Crippen LogP contribution in [0.3, 0.4) is 0 Å². The fraction of sp³-hybridized carbons (Fsp3) is 0.571. The molecule has 1 rings (SSSR count). The van der Waals surface area contributed by atoms with Crippen LogP contribution in [0.15, 0.2) is 12.1 Å². The third-order valence-electron chi connectivity index (χ3n) is 2.84. The Labute approximate surface area is 119 Å². The highest BCUT2D eigenvalue weighted by atomic mass is 16.5. The van der Waals surface area contributed by atoms with Crippen molar-refractivity contribution in [3.63, 3.8) is 0 Å². The molecule has 0 aromatic carbocycles. The second-order valence-corrected chi connectivity index (χ2v) is 4.55. The number of nitrogens with two attached hydrogens (primary N) is 1. The number of hydrogen-bond donors (Lipinski definition) is 2. The quantitative estimate of drug-likeness (QED) is 0.742. The van der Waals surface area contributed by atoms with E-state index in [0.717, 1.165) is 18.5 Å². The smallest absolute Gasteiger partial charge is 0.251 e. The lowest BCUT2D eigenvalue weighted by Crippen LogP contribution is -2.35. The van der Waals surface area contributed by atoms with Crippen LogP contribution in [0.1, 0.15) is 29.4 Å². The maximum Gasteiger partial charge on any atom is 0.251 e. The SMILES string of the molecule is CCCc1cc(C(=O)NCC(COC)OC)cc(N)n1. The van der Waals surface area contributed by atoms with Gasteiger partial charge in [-0.05, 0) is 18.6 Å². The molecule has 1 atom stereocenters. The topological polar surface area (TPSA) is 86.5 Å². The summed E-state index contributed by atoms with van der Waals surface area (Å²) < 4.78 is 10.2. The second-order valence-electron chi connectivity index (χ2n) is 4.55. The number of nitrogens with zero attached hydrogens (tertiary/aromatic N) is 1. The van der Waals surface area contributed by atoms with Crippen LogP contribution in [0, 0.1) is 0 Å². The first-order valence-electron chi connectivity index (χ1n) is 6.67. The number of aromatic nitrogens is 1. The molecular formula is C14H23N3O3. The standard InChI is InChI=1S/C14H23N3O3/c1-4-5-11-6-10(7-13(15)17-11)14(18)16-8-12(20-3)9-19-2/h6-7,12H,4-5,8-9H2,1-3H3,(H2,15,17)(H,16,18). The van der Waals surface area contributed by atoms with Crippen molar-refractivity contribution in [1.82, 2.24) is 10.3 Å². The number of anilines is 1. The molecule has 0 bridgehead atoms. The van der Waals surface area contributed by atoms with Gasteiger partial charge in [0.25, 0.3) is 5.91 Å². The van der Waals surface area contributed by atoms with Gasteiger partial charge in [0.05, 0.1) is 12.7 Å². The van der Waals surface area contributed by atoms with Gasteiger partial charge in [-0.1, -0.05) is 13.3 Å². The van der Waals surface area contributed by atoms with E-state index in [1.54, 1.807) is 26.4 Å². The van der Waals surface area contributed by atoms with Crippen LogP contribution in [0.25, 0.3) is 0 Å². The number of pyridine rings is 1. The fourth-order valence-electron chi connectivity index (χ4n) is 1.83. The zero-order valence-corrected chi connectivity index (χ0v) is 12.3. The lowest BCUT2D eigenvalue weighted by atomic mass is 10.1. The van der Waals surface area contributed by atoms with Gasteiger partial charge < -0.3 is 20.5 Å². The molecule has 0 aliphatic heterocycles. The van der Waals surface area contributed by atoms with Crippen LogP contribution in [0.5, 0.6) is 0 Å². The number of ether oxygens (including phenoxy) is 2. The summed E-state index contributed by atoms with van der Waals surface area (Å²) >= 11 is 0. The molecule has 0 fully saturated rings. The summed E-state index contributed by atoms with van der Waals surface area (Å²) in [6, 6.07) is 3.35. The summed E-state index contributed by atoms with van der Waals surface area (Å²) in [5.41, 5.74) is 7.07. The molecule has 112 valence electrons. The van der Waals surface area contributed by atoms with Crippen molar-refractivity contribution in [3.05, 3.63) is 23.4 Å². The minimum Gasteiger partial charge on any atom is -0.384 e. The van der Waals surface area contributed by atoms with Gasteiger partial charge in [0.1, 0.15) is 5.82 Å². The van der Waals surface area contributed by atoms with E-state index in [0.29, 0.717) is 24.5 Å². The van der Waals surface area contributed by atoms with Crippen LogP contribution in [0.4, 0.5) is 5.82 Å². The lowest BCUT2D eigenvalue weighted by molar-refractivity contribution is 0.0285. The number of amides is 1. The molecule has 1 unspecified atom stereocenters. The minimum atomic E-state index is -0.186. The van der Waals surface area contributed by atoms with E-state index in [1.807, 2.05) is 0 Å². The molecule has 6 nitrogen and oxygen atoms in total. The van der Waals surface area contributed by atoms with E-state index in [2.05, 4.69) is 17.2 Å². The van der Waals surface area contributed by atoms with Crippen LogP contribution >= 0.6 is 0 Å². The number of carbonyl (C=O) groups is 1. The first-order valence-corrected chi connectivity index (χ1v) is 6.67. The Morgan fingerprint density at radius 1 is 1.45 bits per heavy atom. The summed E-state index contributed by atoms with van der Waals surface area (Å²) in [6.45, 7) is 2.86. The average Bonchev–Trinajstić information content (AvgIpc) is 2.42. The number of methoxy groups -OCH3 is 2. The van der Waals surface area contributed by atoms with Crippen LogP contribution in [0.2, 0.25) is 0 Å². The van der Waals surface area contributed by atoms with Gasteiger partial charge in [-0.2, -0.15) is 0 Å². The number of nitrogens with one attached hydrogen (secondary N) is 1. The highest BCUT2D eigenvalue weighted by molar-refractivity contribution is 5.94. The first kappa shape index (κ1) is 16.4. The summed E-state index contributed by atoms with van der Waals surface area (Å²) in [4.78, 5) is 16.3. The minimum absolute atomic E-state index is 0.168. The Kier molecular flexibility index (Phi) is 6.97. The molecule has 1 aromatic rings. The van der Waals surface area contributed by atoms with Gasteiger partial charge in [-0.25, -0.2) is 4.98 Å². The van der Waals surface area contributed by atoms with Crippen LogP contribution < -0.4 is 11.1 Å². The van der Waals surface area contributed by atoms with Gasteiger partial charge in [0, 0.05) is 32.0 Å². The van der Waals surface area contributed by atoms with Crippen molar-refractivity contribution < 1.29 is 14.3 Å². The highest BCUT2D eigenvalue weighted by Crippen LogP contribution is 2.09. The maximum absolute atomic E-state index is 12.1. The molecule has 3 N–H and O–H groups in total. The summed E-state index contributed by atoms with van der Waals surface area (Å²) in [7, 11) is 3.17. The van der Waals surface area contributed by atoms with Gasteiger partial charge in [0.2, 0.25) is 0 Å². The van der Waals surface area contributed by atoms with Gasteiger partial charge >= 0.3 is 0 Å². The van der Waals surface area contributed by atoms with Gasteiger partial charge in [-0.3, -0.25) is 4.79 Å². The largest absolute Gasteiger partial charge is 0.384 e. The normalized spacial score (nSPS) is 12.2. The Morgan fingerprint density at radius 3 is 2.80 bits per heavy atom. The average molecular weight is 281 g/mol. The lowest BCUT2D eigenvalue weighted by Gasteiger charge is -2.15. The summed E-state index contributed by atoms with van der Waals surface area (Å²) in [5, 5.41) is 2.80. The van der Waals surface area contributed by atoms with Crippen LogP contribution in [-0.4, -0.2) is 44.4 Å². The molecule has 1 amide bonds. The molecule has 1 aromatic heterocycles. The third-order valence-corrected chi connectivity index (χ3v) is 2.84. The van der Waals surface area contributed by atoms with Gasteiger partial charge in [0.15, 0.2) is 0 Å². The summed E-state index contributed by atoms with van der Waals surface area (Å²) in [5.74, 6) is 0.177. The Hall–Kier alpha value is -1.66. The number of nitrogen functional groups attached to an aromatic ring is 1. The number of aryl methyl sites for hydroxylation is 1. The van der Waals surface area contributed by atoms with E-state index in [1.165, 1.54) is 0 Å². The van der Waals surface area contributed by atoms with Crippen molar-refractivity contribution in [2.45, 2.75) is 25.9 Å². The molecule has 6 heteroatoms. The van der Waals surface area contributed by atoms with E-state index in [-0.39, 0.29) is 12.0 Å². The number of hydrogen-bond acceptors (Lipinski definition) is 5. The molecule has 0 saturated heterocycles. The van der Waals surface area contributed by atoms with Crippen molar-refractivity contribution in [2.24, 2.45) is 0 Å². The van der Waals surface area contributed by atoms with Crippen molar-refractivity contribution in [3.8, 4) is 0 Å². The Balaban J connectivity index is 2.67. The summed E-state index contributed by atoms with van der Waals surface area (Å²) in [6.07, 6.45) is 1.59. The van der Waals surface area contributed by atoms with Gasteiger partial charge in [-0.15, -0.1) is 0 Å². The van der Waals surface area contributed by atoms with Crippen molar-refractivity contribution in [1.29, 1.82) is 0 Å². The molecule has 1 heterocycles. The van der Waals surface area contributed by atoms with Crippen molar-refractivity contribution in [2.75, 3.05) is 33.1 Å². The Bertz CT molecular complexity index is 438. The molecule has 0 aliphatic rings. The molecule has 20 heavy (non-hydrogen) atoms. The predicted octanol–water partition coefficient (Wildman–Crippen LogP) is 1.01. The van der Waals surface area contributed by atoms with E-state index in [4.69, 9.17) is 15.2 Å². The van der Waals surface area contributed by atoms with E-state index >= 15 is 0 Å². The molecular weight excluding hydrogens is 258 g/mol. The van der Waals surface area contributed by atoms with E-state index in [9.17, 15) is 4.79 Å². The zero-order chi connectivity index (χ0) is 15.0. The predicted molar refractivity (Wildman–Crippen MR) is 77.7 cm³/mol. The number of carbonyl (C=O) groups excluding carboxylic acids is 1. The molecule has 0 aliphatic carbocycles. The van der Waals surface area contributed by atoms with Crippen molar-refractivity contribution >= 4 is 11.7 Å². The Morgan fingerprint density at radius 2 is 2.20 bits per heavy atom. The fourth-order valence-corrected chi connectivity index (χ4v) is 1.83. The highest BCUT2D eigenvalue weighted by Gasteiger charge is 2.12. The zero-order valence-electron chi connectivity index (χ0n) is 12.3. The van der Waals surface area contributed by atoms with Crippen LogP contribution in [-0.2, 0) is 15.9 Å². The monoisotopic (exact) mass is 281 g/mol. The first-order chi connectivity index (χ1) is 9.60. The third kappa shape index (κ3) is 5.14. The molecule has 0 radical (unpaired) electrons. The molecule has 0 saturated carbocycles. The second kappa shape index (κ2) is 8.50. The molecule has 0 spiro atoms. The maximum atomic E-state index is 12.1. The van der Waals surface area contributed by atoms with E-state index < -0.39 is 0 Å². The number of rotatable bonds is 8.